The molecule has 0 spiro atoms. The number of hydrogen-bond donors (Lipinski definition) is 6. The van der Waals surface area contributed by atoms with Crippen LogP contribution in [0.25, 0.3) is 11.1 Å². The predicted molar refractivity (Wildman–Crippen MR) is 220 cm³/mol. The summed E-state index contributed by atoms with van der Waals surface area (Å²) in [5.74, 6) is -2.83. The molecule has 17 nitrogen and oxygen atoms in total. The molecule has 3 rings (SSSR count). The molecule has 1 unspecified atom stereocenters. The second kappa shape index (κ2) is 21.0. The van der Waals surface area contributed by atoms with Gasteiger partial charge in [0.1, 0.15) is 35.1 Å². The summed E-state index contributed by atoms with van der Waals surface area (Å²) in [6.45, 7) is 15.3. The normalized spacial score (nSPS) is 13.5. The van der Waals surface area contributed by atoms with Crippen LogP contribution < -0.4 is 26.6 Å². The molecule has 0 saturated heterocycles. The number of fused-ring (bicyclic) bond motifs is 3. The van der Waals surface area contributed by atoms with Gasteiger partial charge < -0.3 is 45.3 Å². The van der Waals surface area contributed by atoms with Crippen molar-refractivity contribution < 1.29 is 52.8 Å². The molecule has 0 heterocycles. The highest BCUT2D eigenvalue weighted by Gasteiger charge is 2.30. The van der Waals surface area contributed by atoms with Gasteiger partial charge in [-0.05, 0) is 110 Å². The molecular weight excluding hydrogens is 764 g/mol. The van der Waals surface area contributed by atoms with Crippen LogP contribution in [0.15, 0.2) is 65.3 Å². The SMILES string of the molecule is CC(C)(C)OC(=O)/N=C(/NCC/C=C(\NC(=O)C(CCCCNC(=O)OC(C)(C)C)NC(=O)OCC1c2ccccc2-c2ccccc21)C(=O)O)NC(=O)OC(C)(C)C. The first-order chi connectivity index (χ1) is 27.5. The number of nitrogens with zero attached hydrogens (tertiary/aromatic N) is 1. The zero-order valence-electron chi connectivity index (χ0n) is 35.3. The lowest BCUT2D eigenvalue weighted by Crippen LogP contribution is -2.47. The van der Waals surface area contributed by atoms with E-state index in [-0.39, 0.29) is 44.4 Å². The second-order valence-corrected chi connectivity index (χ2v) is 16.6. The molecule has 0 aliphatic heterocycles. The van der Waals surface area contributed by atoms with Crippen LogP contribution >= 0.6 is 0 Å². The van der Waals surface area contributed by atoms with Crippen molar-refractivity contribution in [2.24, 2.45) is 4.99 Å². The fourth-order valence-corrected chi connectivity index (χ4v) is 5.74. The Labute approximate surface area is 345 Å². The Morgan fingerprint density at radius 2 is 1.27 bits per heavy atom. The fourth-order valence-electron chi connectivity index (χ4n) is 5.74. The van der Waals surface area contributed by atoms with Crippen LogP contribution in [-0.2, 0) is 28.5 Å². The van der Waals surface area contributed by atoms with Gasteiger partial charge in [0, 0.05) is 19.0 Å². The van der Waals surface area contributed by atoms with E-state index < -0.39 is 64.8 Å². The summed E-state index contributed by atoms with van der Waals surface area (Å²) in [6.07, 6.45) is -1.38. The lowest BCUT2D eigenvalue weighted by atomic mass is 9.98. The minimum Gasteiger partial charge on any atom is -0.477 e. The number of aliphatic carboxylic acids is 1. The Morgan fingerprint density at radius 3 is 1.83 bits per heavy atom. The van der Waals surface area contributed by atoms with Gasteiger partial charge >= 0.3 is 30.3 Å². The van der Waals surface area contributed by atoms with Crippen molar-refractivity contribution in [2.75, 3.05) is 19.7 Å². The number of guanidine groups is 1. The summed E-state index contributed by atoms with van der Waals surface area (Å²) in [6, 6.07) is 14.5. The van der Waals surface area contributed by atoms with E-state index in [9.17, 15) is 33.9 Å². The Balaban J connectivity index is 1.70. The number of carboxylic acid groups (broad SMARTS) is 1. The molecule has 6 N–H and O–H groups in total. The number of hydrogen-bond acceptors (Lipinski definition) is 10. The van der Waals surface area contributed by atoms with E-state index in [0.29, 0.717) is 12.8 Å². The molecule has 0 radical (unpaired) electrons. The highest BCUT2D eigenvalue weighted by atomic mass is 16.6. The van der Waals surface area contributed by atoms with Crippen LogP contribution in [0.5, 0.6) is 0 Å². The van der Waals surface area contributed by atoms with Crippen molar-refractivity contribution in [1.29, 1.82) is 0 Å². The molecule has 0 fully saturated rings. The quantitative estimate of drug-likeness (QED) is 0.0396. The van der Waals surface area contributed by atoms with Crippen LogP contribution in [0.2, 0.25) is 0 Å². The zero-order valence-corrected chi connectivity index (χ0v) is 35.3. The van der Waals surface area contributed by atoms with Crippen LogP contribution in [-0.4, -0.2) is 89.9 Å². The third-order valence-corrected chi connectivity index (χ3v) is 8.03. The Hall–Kier alpha value is -6.13. The highest BCUT2D eigenvalue weighted by Crippen LogP contribution is 2.44. The van der Waals surface area contributed by atoms with E-state index in [1.54, 1.807) is 62.3 Å². The summed E-state index contributed by atoms with van der Waals surface area (Å²) in [5, 5.41) is 22.6. The largest absolute Gasteiger partial charge is 0.477 e. The first-order valence-corrected chi connectivity index (χ1v) is 19.4. The summed E-state index contributed by atoms with van der Waals surface area (Å²) in [7, 11) is 0. The molecule has 5 amide bonds. The summed E-state index contributed by atoms with van der Waals surface area (Å²) >= 11 is 0. The van der Waals surface area contributed by atoms with Crippen LogP contribution in [0.1, 0.15) is 105 Å². The van der Waals surface area contributed by atoms with E-state index in [2.05, 4.69) is 31.6 Å². The molecule has 1 aliphatic carbocycles. The number of amides is 5. The van der Waals surface area contributed by atoms with Crippen molar-refractivity contribution in [3.8, 4) is 11.1 Å². The van der Waals surface area contributed by atoms with Gasteiger partial charge in [-0.25, -0.2) is 24.0 Å². The molecule has 0 aromatic heterocycles. The van der Waals surface area contributed by atoms with E-state index in [0.717, 1.165) is 22.3 Å². The number of unbranched alkanes of at least 4 members (excludes halogenated alkanes) is 1. The Kier molecular flexibility index (Phi) is 16.8. The van der Waals surface area contributed by atoms with Crippen LogP contribution in [0.4, 0.5) is 19.2 Å². The van der Waals surface area contributed by atoms with Crippen LogP contribution in [0, 0.1) is 0 Å². The molecule has 322 valence electrons. The maximum atomic E-state index is 13.6. The van der Waals surface area contributed by atoms with E-state index in [1.165, 1.54) is 6.08 Å². The number of carboxylic acids is 1. The highest BCUT2D eigenvalue weighted by molar-refractivity contribution is 5.99. The van der Waals surface area contributed by atoms with Gasteiger partial charge in [0.15, 0.2) is 0 Å². The van der Waals surface area contributed by atoms with Crippen molar-refractivity contribution in [3.63, 3.8) is 0 Å². The number of rotatable bonds is 14. The second-order valence-electron chi connectivity index (χ2n) is 16.6. The first-order valence-electron chi connectivity index (χ1n) is 19.4. The summed E-state index contributed by atoms with van der Waals surface area (Å²) < 4.78 is 21.3. The van der Waals surface area contributed by atoms with Gasteiger partial charge in [0.05, 0.1) is 0 Å². The summed E-state index contributed by atoms with van der Waals surface area (Å²) in [5.41, 5.74) is 1.20. The van der Waals surface area contributed by atoms with Crippen molar-refractivity contribution in [2.45, 2.75) is 117 Å². The average Bonchev–Trinajstić information content (AvgIpc) is 3.42. The number of carbonyl (C=O) groups is 6. The number of aliphatic imine (C=N–C) groups is 1. The number of alkyl carbamates (subject to hydrolysis) is 3. The molecule has 59 heavy (non-hydrogen) atoms. The van der Waals surface area contributed by atoms with Gasteiger partial charge in [0.25, 0.3) is 0 Å². The predicted octanol–water partition coefficient (Wildman–Crippen LogP) is 6.47. The summed E-state index contributed by atoms with van der Waals surface area (Å²) in [4.78, 5) is 79.7. The van der Waals surface area contributed by atoms with Crippen molar-refractivity contribution >= 4 is 42.2 Å². The molecule has 2 aromatic rings. The standard InChI is InChI=1S/C42H58N6O11/c1-40(2,3)57-36(52)44-23-15-14-21-31(46-37(53)56-25-30-28-19-12-10-17-26(28)27-18-11-13-20-29(27)30)33(49)45-32(34(50)51)22-16-24-43-35(47-38(54)58-41(4,5)6)48-39(55)59-42(7,8)9/h10-13,17-20,22,30-31H,14-16,21,23-25H2,1-9H3,(H,44,52)(H,45,49)(H,46,53)(H,50,51)(H2,43,47,48,54,55)/b32-22-. The van der Waals surface area contributed by atoms with E-state index in [1.807, 2.05) is 48.5 Å². The van der Waals surface area contributed by atoms with Gasteiger partial charge in [-0.2, -0.15) is 0 Å². The van der Waals surface area contributed by atoms with Crippen molar-refractivity contribution in [1.82, 2.24) is 26.6 Å². The molecule has 1 aliphatic rings. The molecule has 0 saturated carbocycles. The zero-order chi connectivity index (χ0) is 44.0. The maximum Gasteiger partial charge on any atom is 0.437 e. The van der Waals surface area contributed by atoms with Crippen molar-refractivity contribution in [3.05, 3.63) is 71.4 Å². The number of benzene rings is 2. The topological polar surface area (TPSA) is 232 Å². The average molecular weight is 823 g/mol. The van der Waals surface area contributed by atoms with Crippen LogP contribution in [0.3, 0.4) is 0 Å². The smallest absolute Gasteiger partial charge is 0.437 e. The molecule has 0 bridgehead atoms. The number of carbonyl (C=O) groups excluding carboxylic acids is 5. The first kappa shape index (κ1) is 47.2. The molecule has 1 atom stereocenters. The van der Waals surface area contributed by atoms with Gasteiger partial charge in [0.2, 0.25) is 11.9 Å². The van der Waals surface area contributed by atoms with E-state index in [4.69, 9.17) is 18.9 Å². The Morgan fingerprint density at radius 1 is 0.712 bits per heavy atom. The number of nitrogens with one attached hydrogen (secondary N) is 5. The lowest BCUT2D eigenvalue weighted by Gasteiger charge is -2.21. The van der Waals surface area contributed by atoms with Gasteiger partial charge in [-0.1, -0.05) is 54.6 Å². The Bertz CT molecular complexity index is 1840. The lowest BCUT2D eigenvalue weighted by molar-refractivity contribution is -0.135. The third-order valence-electron chi connectivity index (χ3n) is 8.03. The van der Waals surface area contributed by atoms with Gasteiger partial charge in [-0.3, -0.25) is 10.1 Å². The van der Waals surface area contributed by atoms with E-state index >= 15 is 0 Å². The molecular formula is C42H58N6O11. The third kappa shape index (κ3) is 17.1. The monoisotopic (exact) mass is 822 g/mol. The number of ether oxygens (including phenoxy) is 4. The fraction of sp³-hybridized carbons (Fsp3) is 0.500. The molecule has 2 aromatic carbocycles. The minimum atomic E-state index is -1.46. The maximum absolute atomic E-state index is 13.6. The van der Waals surface area contributed by atoms with Gasteiger partial charge in [-0.15, -0.1) is 4.99 Å². The minimum absolute atomic E-state index is 0.0106. The molecule has 17 heteroatoms.